The predicted molar refractivity (Wildman–Crippen MR) is 119 cm³/mol. The van der Waals surface area contributed by atoms with Gasteiger partial charge in [0.05, 0.1) is 21.3 Å². The van der Waals surface area contributed by atoms with Gasteiger partial charge in [-0.05, 0) is 75.8 Å². The van der Waals surface area contributed by atoms with Crippen LogP contribution >= 0.6 is 23.3 Å². The fraction of sp³-hybridized carbons (Fsp3) is 0.500. The van der Waals surface area contributed by atoms with Crippen molar-refractivity contribution in [2.24, 2.45) is 5.92 Å². The molecule has 12 heteroatoms. The van der Waals surface area contributed by atoms with Crippen molar-refractivity contribution in [1.29, 1.82) is 0 Å². The highest BCUT2D eigenvalue weighted by Crippen LogP contribution is 2.43. The van der Waals surface area contributed by atoms with Crippen LogP contribution in [0, 0.1) is 16.0 Å². The molecule has 0 atom stereocenters. The van der Waals surface area contributed by atoms with E-state index in [0.717, 1.165) is 48.3 Å². The normalized spacial score (nSPS) is 16.4. The lowest BCUT2D eigenvalue weighted by Gasteiger charge is -2.10. The van der Waals surface area contributed by atoms with Crippen molar-refractivity contribution >= 4 is 34.7 Å². The van der Waals surface area contributed by atoms with Crippen LogP contribution in [0.1, 0.15) is 31.2 Å². The van der Waals surface area contributed by atoms with Gasteiger partial charge in [0.2, 0.25) is 0 Å². The summed E-state index contributed by atoms with van der Waals surface area (Å²) in [5.41, 5.74) is -1.04. The minimum Gasteiger partial charge on any atom is -0.507 e. The fourth-order valence-electron chi connectivity index (χ4n) is 2.92. The minimum absolute atomic E-state index is 0.143. The molecule has 2 heterocycles. The van der Waals surface area contributed by atoms with Crippen LogP contribution in [0.5, 0.6) is 10.8 Å². The van der Waals surface area contributed by atoms with E-state index in [2.05, 4.69) is 16.7 Å². The largest absolute Gasteiger partial charge is 0.507 e. The third-order valence-electron chi connectivity index (χ3n) is 4.90. The second-order valence-electron chi connectivity index (χ2n) is 7.69. The SMILES string of the molecule is CN1CCCC1.O=[N+]([O-])c1cc(SNc2ccc(C(F)(F)F)c(O)c2)sc1OCC1CC1. The van der Waals surface area contributed by atoms with Crippen LogP contribution in [-0.4, -0.2) is 41.7 Å². The first-order valence-corrected chi connectivity index (χ1v) is 11.7. The highest BCUT2D eigenvalue weighted by molar-refractivity contribution is 8.02. The van der Waals surface area contributed by atoms with Gasteiger partial charge >= 0.3 is 11.9 Å². The number of ether oxygens (including phenoxy) is 1. The summed E-state index contributed by atoms with van der Waals surface area (Å²) >= 11 is 2.07. The zero-order chi connectivity index (χ0) is 23.3. The number of anilines is 1. The van der Waals surface area contributed by atoms with Crippen LogP contribution in [0.25, 0.3) is 0 Å². The summed E-state index contributed by atoms with van der Waals surface area (Å²) in [4.78, 5) is 12.9. The molecule has 2 aliphatic rings. The Morgan fingerprint density at radius 1 is 1.31 bits per heavy atom. The van der Waals surface area contributed by atoms with Gasteiger partial charge in [-0.2, -0.15) is 13.2 Å². The van der Waals surface area contributed by atoms with Crippen molar-refractivity contribution in [2.75, 3.05) is 31.5 Å². The average molecular weight is 492 g/mol. The van der Waals surface area contributed by atoms with E-state index in [0.29, 0.717) is 16.7 Å². The molecule has 0 spiro atoms. The highest BCUT2D eigenvalue weighted by Gasteiger charge is 2.33. The van der Waals surface area contributed by atoms with Crippen LogP contribution in [0.3, 0.4) is 0 Å². The fourth-order valence-corrected chi connectivity index (χ4v) is 4.67. The molecule has 1 aromatic carbocycles. The maximum absolute atomic E-state index is 12.6. The lowest BCUT2D eigenvalue weighted by Crippen LogP contribution is -2.10. The number of phenolic OH excluding ortho intramolecular Hbond substituents is 1. The van der Waals surface area contributed by atoms with Crippen LogP contribution in [0.2, 0.25) is 0 Å². The summed E-state index contributed by atoms with van der Waals surface area (Å²) in [7, 11) is 2.17. The number of aromatic hydroxyl groups is 1. The first-order chi connectivity index (χ1) is 15.1. The van der Waals surface area contributed by atoms with Gasteiger partial charge in [-0.25, -0.2) is 0 Å². The summed E-state index contributed by atoms with van der Waals surface area (Å²) in [5.74, 6) is -0.449. The molecule has 1 aliphatic carbocycles. The van der Waals surface area contributed by atoms with Crippen LogP contribution in [-0.2, 0) is 6.18 Å². The molecule has 7 nitrogen and oxygen atoms in total. The Kier molecular flexibility index (Phi) is 8.12. The molecule has 0 amide bonds. The molecular formula is C20H24F3N3O4S2. The number of thiophene rings is 1. The van der Waals surface area contributed by atoms with Gasteiger partial charge in [-0.1, -0.05) is 11.3 Å². The Morgan fingerprint density at radius 2 is 2.00 bits per heavy atom. The van der Waals surface area contributed by atoms with Gasteiger partial charge in [-0.15, -0.1) is 0 Å². The second-order valence-corrected chi connectivity index (χ2v) is 9.82. The molecule has 32 heavy (non-hydrogen) atoms. The number of alkyl halides is 3. The number of phenols is 1. The standard InChI is InChI=1S/C15H13F3N2O4S2.C5H11N/c16-15(17,18)10-4-3-9(5-12(10)21)19-26-13-6-11(20(22)23)14(25-13)24-7-8-1-2-8;1-6-4-2-3-5-6/h3-6,8,19,21H,1-2,7H2;2-5H2,1H3. The number of hydrogen-bond donors (Lipinski definition) is 2. The molecular weight excluding hydrogens is 467 g/mol. The Balaban J connectivity index is 0.000000416. The quantitative estimate of drug-likeness (QED) is 0.279. The van der Waals surface area contributed by atoms with E-state index in [1.165, 1.54) is 38.1 Å². The maximum atomic E-state index is 12.6. The third kappa shape index (κ3) is 7.17. The summed E-state index contributed by atoms with van der Waals surface area (Å²) in [5, 5.41) is 20.8. The van der Waals surface area contributed by atoms with Gasteiger partial charge in [0, 0.05) is 17.8 Å². The van der Waals surface area contributed by atoms with Gasteiger partial charge in [-0.3, -0.25) is 10.1 Å². The molecule has 176 valence electrons. The van der Waals surface area contributed by atoms with Crippen molar-refractivity contribution in [3.05, 3.63) is 39.9 Å². The zero-order valence-electron chi connectivity index (χ0n) is 17.4. The number of nitrogens with zero attached hydrogens (tertiary/aromatic N) is 2. The number of hydrogen-bond acceptors (Lipinski definition) is 8. The Labute approximate surface area is 191 Å². The van der Waals surface area contributed by atoms with Crippen molar-refractivity contribution in [1.82, 2.24) is 4.90 Å². The first kappa shape index (κ1) is 24.5. The van der Waals surface area contributed by atoms with E-state index >= 15 is 0 Å². The van der Waals surface area contributed by atoms with Crippen molar-refractivity contribution in [2.45, 2.75) is 36.1 Å². The molecule has 2 fully saturated rings. The smallest absolute Gasteiger partial charge is 0.419 e. The summed E-state index contributed by atoms with van der Waals surface area (Å²) in [6.45, 7) is 3.08. The van der Waals surface area contributed by atoms with E-state index in [1.807, 2.05) is 0 Å². The lowest BCUT2D eigenvalue weighted by molar-refractivity contribution is -0.385. The maximum Gasteiger partial charge on any atom is 0.419 e. The monoisotopic (exact) mass is 491 g/mol. The third-order valence-corrected chi connectivity index (χ3v) is 6.89. The van der Waals surface area contributed by atoms with Crippen molar-refractivity contribution in [3.63, 3.8) is 0 Å². The number of benzene rings is 1. The van der Waals surface area contributed by atoms with Crippen LogP contribution in [0.4, 0.5) is 24.5 Å². The molecule has 1 saturated carbocycles. The zero-order valence-corrected chi connectivity index (χ0v) is 19.0. The molecule has 0 radical (unpaired) electrons. The van der Waals surface area contributed by atoms with Crippen molar-refractivity contribution < 1.29 is 27.9 Å². The highest BCUT2D eigenvalue weighted by atomic mass is 32.2. The van der Waals surface area contributed by atoms with E-state index in [-0.39, 0.29) is 16.4 Å². The van der Waals surface area contributed by atoms with E-state index in [9.17, 15) is 28.4 Å². The summed E-state index contributed by atoms with van der Waals surface area (Å²) in [6, 6.07) is 4.22. The number of rotatable bonds is 7. The van der Waals surface area contributed by atoms with Crippen LogP contribution < -0.4 is 9.46 Å². The molecule has 2 aromatic rings. The lowest BCUT2D eigenvalue weighted by atomic mass is 10.2. The Morgan fingerprint density at radius 3 is 2.50 bits per heavy atom. The van der Waals surface area contributed by atoms with Gasteiger partial charge in [0.1, 0.15) is 5.75 Å². The molecule has 1 aliphatic heterocycles. The second kappa shape index (κ2) is 10.6. The van der Waals surface area contributed by atoms with E-state index in [4.69, 9.17) is 4.74 Å². The first-order valence-electron chi connectivity index (χ1n) is 10.1. The van der Waals surface area contributed by atoms with Crippen molar-refractivity contribution in [3.8, 4) is 10.8 Å². The van der Waals surface area contributed by atoms with E-state index < -0.39 is 22.4 Å². The molecule has 0 unspecified atom stereocenters. The number of halogens is 3. The molecule has 1 saturated heterocycles. The topological polar surface area (TPSA) is 87.9 Å². The summed E-state index contributed by atoms with van der Waals surface area (Å²) < 4.78 is 46.7. The summed E-state index contributed by atoms with van der Waals surface area (Å²) in [6.07, 6.45) is 0.296. The molecule has 2 N–H and O–H groups in total. The predicted octanol–water partition coefficient (Wildman–Crippen LogP) is 6.00. The van der Waals surface area contributed by atoms with Gasteiger partial charge in [0.15, 0.2) is 0 Å². The van der Waals surface area contributed by atoms with E-state index in [1.54, 1.807) is 0 Å². The molecule has 0 bridgehead atoms. The molecule has 4 rings (SSSR count). The number of nitrogens with one attached hydrogen (secondary N) is 1. The molecule has 1 aromatic heterocycles. The Hall–Kier alpha value is -2.18. The van der Waals surface area contributed by atoms with Gasteiger partial charge in [0.25, 0.3) is 5.06 Å². The van der Waals surface area contributed by atoms with Crippen LogP contribution in [0.15, 0.2) is 28.5 Å². The number of nitro groups is 1. The minimum atomic E-state index is -4.64. The number of likely N-dealkylation sites (tertiary alicyclic amines) is 1. The Bertz CT molecular complexity index is 929. The average Bonchev–Trinajstić information content (AvgIpc) is 3.25. The van der Waals surface area contributed by atoms with Gasteiger partial charge < -0.3 is 19.5 Å².